The molecule has 2 heterocycles. The van der Waals surface area contributed by atoms with E-state index in [2.05, 4.69) is 25.1 Å². The summed E-state index contributed by atoms with van der Waals surface area (Å²) in [4.78, 5) is 15.5. The van der Waals surface area contributed by atoms with Crippen LogP contribution in [0.15, 0.2) is 65.4 Å². The number of halogens is 4. The first-order chi connectivity index (χ1) is 14.8. The van der Waals surface area contributed by atoms with Crippen LogP contribution in [-0.2, 0) is 12.7 Å². The van der Waals surface area contributed by atoms with Crippen molar-refractivity contribution in [2.45, 2.75) is 12.7 Å². The number of amides is 1. The number of alkyl halides is 3. The molecule has 0 unspecified atom stereocenters. The highest BCUT2D eigenvalue weighted by Crippen LogP contribution is 2.29. The Hall–Kier alpha value is -3.66. The van der Waals surface area contributed by atoms with Gasteiger partial charge >= 0.3 is 12.1 Å². The quantitative estimate of drug-likeness (QED) is 0.486. The molecule has 1 amide bonds. The molecule has 1 N–H and O–H groups in total. The smallest absolute Gasteiger partial charge is 0.348 e. The predicted molar refractivity (Wildman–Crippen MR) is 104 cm³/mol. The second-order valence-corrected chi connectivity index (χ2v) is 6.89. The first-order valence-electron chi connectivity index (χ1n) is 8.88. The normalized spacial score (nSPS) is 11.5. The van der Waals surface area contributed by atoms with Crippen LogP contribution in [0.4, 0.5) is 13.2 Å². The van der Waals surface area contributed by atoms with E-state index in [-0.39, 0.29) is 18.3 Å². The fourth-order valence-corrected chi connectivity index (χ4v) is 2.82. The van der Waals surface area contributed by atoms with E-state index in [4.69, 9.17) is 11.6 Å². The van der Waals surface area contributed by atoms with Gasteiger partial charge in [-0.15, -0.1) is 0 Å². The van der Waals surface area contributed by atoms with Gasteiger partial charge in [0.1, 0.15) is 0 Å². The van der Waals surface area contributed by atoms with E-state index in [0.717, 1.165) is 5.56 Å². The number of hydrogen-bond acceptors (Lipinski definition) is 5. The zero-order chi connectivity index (χ0) is 22.0. The largest absolute Gasteiger partial charge is 0.471 e. The zero-order valence-electron chi connectivity index (χ0n) is 15.6. The summed E-state index contributed by atoms with van der Waals surface area (Å²) >= 11 is 5.81. The van der Waals surface area contributed by atoms with Crippen molar-refractivity contribution in [1.29, 1.82) is 0 Å². The molecule has 4 rings (SSSR count). The molecule has 158 valence electrons. The van der Waals surface area contributed by atoms with Crippen LogP contribution < -0.4 is 5.32 Å². The maximum absolute atomic E-state index is 12.6. The topological polar surface area (TPSA) is 85.8 Å². The third-order valence-corrected chi connectivity index (χ3v) is 4.51. The number of hydrogen-bond donors (Lipinski definition) is 1. The number of carbonyl (C=O) groups is 1. The Morgan fingerprint density at radius 3 is 2.45 bits per heavy atom. The van der Waals surface area contributed by atoms with Crippen molar-refractivity contribution in [3.05, 3.63) is 83.0 Å². The Bertz CT molecular complexity index is 1200. The Morgan fingerprint density at radius 1 is 1.10 bits per heavy atom. The van der Waals surface area contributed by atoms with Gasteiger partial charge in [0.05, 0.1) is 11.9 Å². The van der Waals surface area contributed by atoms with Gasteiger partial charge in [-0.1, -0.05) is 16.8 Å². The van der Waals surface area contributed by atoms with Crippen LogP contribution >= 0.6 is 11.6 Å². The summed E-state index contributed by atoms with van der Waals surface area (Å²) < 4.78 is 43.6. The number of aromatic nitrogens is 4. The molecule has 0 aliphatic heterocycles. The van der Waals surface area contributed by atoms with E-state index in [9.17, 15) is 18.0 Å². The fourth-order valence-electron chi connectivity index (χ4n) is 2.70. The van der Waals surface area contributed by atoms with Gasteiger partial charge in [-0.05, 0) is 48.5 Å². The zero-order valence-corrected chi connectivity index (χ0v) is 16.4. The summed E-state index contributed by atoms with van der Waals surface area (Å²) in [5.41, 5.74) is 2.28. The van der Waals surface area contributed by atoms with E-state index in [1.165, 1.54) is 0 Å². The molecule has 11 heteroatoms. The molecule has 7 nitrogen and oxygen atoms in total. The molecule has 31 heavy (non-hydrogen) atoms. The number of rotatable bonds is 5. The standard InChI is InChI=1S/C20H13ClF3N5O2/c21-15-5-1-14(2-6-15)18(30)25-9-12-10-26-29(11-12)16-7-3-13(4-8-16)17-27-19(31-28-17)20(22,23)24/h1-8,10-11H,9H2,(H,25,30). The first-order valence-corrected chi connectivity index (χ1v) is 9.26. The van der Waals surface area contributed by atoms with Gasteiger partial charge in [0.15, 0.2) is 0 Å². The van der Waals surface area contributed by atoms with Crippen molar-refractivity contribution >= 4 is 17.5 Å². The highest BCUT2D eigenvalue weighted by molar-refractivity contribution is 6.30. The lowest BCUT2D eigenvalue weighted by atomic mass is 10.2. The molecular weight excluding hydrogens is 435 g/mol. The minimum Gasteiger partial charge on any atom is -0.348 e. The summed E-state index contributed by atoms with van der Waals surface area (Å²) in [6.45, 7) is 0.266. The van der Waals surface area contributed by atoms with Crippen LogP contribution in [0, 0.1) is 0 Å². The van der Waals surface area contributed by atoms with Crippen molar-refractivity contribution in [3.8, 4) is 17.1 Å². The molecule has 0 spiro atoms. The summed E-state index contributed by atoms with van der Waals surface area (Å²) in [7, 11) is 0. The van der Waals surface area contributed by atoms with Gasteiger partial charge in [0.25, 0.3) is 5.91 Å². The van der Waals surface area contributed by atoms with Crippen molar-refractivity contribution in [3.63, 3.8) is 0 Å². The Morgan fingerprint density at radius 2 is 1.81 bits per heavy atom. The lowest BCUT2D eigenvalue weighted by Crippen LogP contribution is -2.22. The minimum atomic E-state index is -4.69. The van der Waals surface area contributed by atoms with Gasteiger partial charge in [-0.3, -0.25) is 4.79 Å². The van der Waals surface area contributed by atoms with Crippen LogP contribution in [0.25, 0.3) is 17.1 Å². The molecule has 0 aliphatic rings. The molecule has 2 aromatic heterocycles. The Balaban J connectivity index is 1.41. The summed E-state index contributed by atoms with van der Waals surface area (Å²) in [5, 5.41) is 10.9. The van der Waals surface area contributed by atoms with Crippen LogP contribution in [0.3, 0.4) is 0 Å². The third kappa shape index (κ3) is 4.75. The van der Waals surface area contributed by atoms with Gasteiger partial charge in [-0.25, -0.2) is 4.68 Å². The van der Waals surface area contributed by atoms with E-state index < -0.39 is 12.1 Å². The lowest BCUT2D eigenvalue weighted by Gasteiger charge is -2.04. The van der Waals surface area contributed by atoms with Gasteiger partial charge in [0.2, 0.25) is 5.82 Å². The van der Waals surface area contributed by atoms with Gasteiger partial charge in [0, 0.05) is 34.5 Å². The summed E-state index contributed by atoms with van der Waals surface area (Å²) in [5.74, 6) is -1.80. The highest BCUT2D eigenvalue weighted by atomic mass is 35.5. The monoisotopic (exact) mass is 447 g/mol. The molecule has 2 aromatic carbocycles. The predicted octanol–water partition coefficient (Wildman–Crippen LogP) is 4.52. The van der Waals surface area contributed by atoms with Crippen molar-refractivity contribution < 1.29 is 22.5 Å². The number of carbonyl (C=O) groups excluding carboxylic acids is 1. The van der Waals surface area contributed by atoms with Crippen molar-refractivity contribution in [2.75, 3.05) is 0 Å². The maximum Gasteiger partial charge on any atom is 0.471 e. The van der Waals surface area contributed by atoms with Gasteiger partial charge in [-0.2, -0.15) is 23.3 Å². The third-order valence-electron chi connectivity index (χ3n) is 4.25. The summed E-state index contributed by atoms with van der Waals surface area (Å²) in [6, 6.07) is 13.0. The minimum absolute atomic E-state index is 0.162. The molecule has 0 atom stereocenters. The molecule has 4 aromatic rings. The van der Waals surface area contributed by atoms with E-state index in [0.29, 0.717) is 21.8 Å². The van der Waals surface area contributed by atoms with Crippen LogP contribution in [0.2, 0.25) is 5.02 Å². The average molecular weight is 448 g/mol. The first kappa shape index (κ1) is 20.6. The highest BCUT2D eigenvalue weighted by Gasteiger charge is 2.38. The molecule has 0 bridgehead atoms. The number of nitrogens with one attached hydrogen (secondary N) is 1. The second-order valence-electron chi connectivity index (χ2n) is 6.45. The van der Waals surface area contributed by atoms with E-state index >= 15 is 0 Å². The molecule has 0 saturated heterocycles. The molecule has 0 aliphatic carbocycles. The van der Waals surface area contributed by atoms with Gasteiger partial charge < -0.3 is 9.84 Å². The van der Waals surface area contributed by atoms with Crippen molar-refractivity contribution in [2.24, 2.45) is 0 Å². The molecular formula is C20H13ClF3N5O2. The van der Waals surface area contributed by atoms with Crippen molar-refractivity contribution in [1.82, 2.24) is 25.2 Å². The Labute approximate surface area is 178 Å². The SMILES string of the molecule is O=C(NCc1cnn(-c2ccc(-c3noc(C(F)(F)F)n3)cc2)c1)c1ccc(Cl)cc1. The molecule has 0 fully saturated rings. The average Bonchev–Trinajstić information content (AvgIpc) is 3.42. The van der Waals surface area contributed by atoms with Crippen LogP contribution in [-0.4, -0.2) is 25.8 Å². The second kappa shape index (κ2) is 8.23. The number of nitrogens with zero attached hydrogens (tertiary/aromatic N) is 4. The van der Waals surface area contributed by atoms with Crippen LogP contribution in [0.1, 0.15) is 21.8 Å². The van der Waals surface area contributed by atoms with E-state index in [1.54, 1.807) is 65.6 Å². The lowest BCUT2D eigenvalue weighted by molar-refractivity contribution is -0.159. The summed E-state index contributed by atoms with van der Waals surface area (Å²) in [6.07, 6.45) is -1.36. The maximum atomic E-state index is 12.6. The van der Waals surface area contributed by atoms with E-state index in [1.807, 2.05) is 0 Å². The number of benzene rings is 2. The molecule has 0 radical (unpaired) electrons. The Kier molecular flexibility index (Phi) is 5.47. The molecule has 0 saturated carbocycles. The fraction of sp³-hybridized carbons (Fsp3) is 0.100. The van der Waals surface area contributed by atoms with Crippen LogP contribution in [0.5, 0.6) is 0 Å².